The zero-order chi connectivity index (χ0) is 9.68. The van der Waals surface area contributed by atoms with Crippen LogP contribution >= 0.6 is 0 Å². The van der Waals surface area contributed by atoms with Crippen molar-refractivity contribution in [1.82, 2.24) is 0 Å². The smallest absolute Gasteiger partial charge is 0.0994 e. The molecular weight excluding hydrogens is 158 g/mol. The van der Waals surface area contributed by atoms with Gasteiger partial charge in [-0.2, -0.15) is 5.26 Å². The predicted octanol–water partition coefficient (Wildman–Crippen LogP) is 3.26. The first-order chi connectivity index (χ1) is 6.33. The second kappa shape index (κ2) is 4.27. The Bertz CT molecular complexity index is 380. The molecule has 0 bridgehead atoms. The number of hydrogen-bond acceptors (Lipinski definition) is 1. The van der Waals surface area contributed by atoms with Crippen LogP contribution in [-0.4, -0.2) is 0 Å². The molecule has 1 heteroatoms. The summed E-state index contributed by atoms with van der Waals surface area (Å²) >= 11 is 0. The lowest BCUT2D eigenvalue weighted by atomic mass is 10.0. The molecule has 1 nitrogen and oxygen atoms in total. The van der Waals surface area contributed by atoms with Crippen molar-refractivity contribution in [2.24, 2.45) is 0 Å². The van der Waals surface area contributed by atoms with Gasteiger partial charge in [0.2, 0.25) is 0 Å². The van der Waals surface area contributed by atoms with Crippen LogP contribution in [-0.2, 0) is 0 Å². The van der Waals surface area contributed by atoms with Crippen molar-refractivity contribution >= 4 is 11.6 Å². The van der Waals surface area contributed by atoms with Crippen molar-refractivity contribution in [1.29, 1.82) is 5.26 Å². The Kier molecular flexibility index (Phi) is 3.05. The van der Waals surface area contributed by atoms with Gasteiger partial charge in [-0.1, -0.05) is 43.0 Å². The molecule has 0 atom stereocenters. The second-order valence-electron chi connectivity index (χ2n) is 2.61. The van der Waals surface area contributed by atoms with Crippen molar-refractivity contribution in [2.75, 3.05) is 0 Å². The van der Waals surface area contributed by atoms with Gasteiger partial charge in [0.1, 0.15) is 0 Å². The Morgan fingerprint density at radius 3 is 2.69 bits per heavy atom. The summed E-state index contributed by atoms with van der Waals surface area (Å²) in [6.45, 7) is 5.57. The van der Waals surface area contributed by atoms with Crippen LogP contribution in [0.1, 0.15) is 18.1 Å². The molecule has 0 fully saturated rings. The highest BCUT2D eigenvalue weighted by Gasteiger charge is 2.01. The van der Waals surface area contributed by atoms with E-state index in [9.17, 15) is 0 Å². The van der Waals surface area contributed by atoms with Gasteiger partial charge in [-0.05, 0) is 18.1 Å². The molecule has 1 rings (SSSR count). The molecule has 0 saturated carbocycles. The molecule has 1 aromatic rings. The number of hydrogen-bond donors (Lipinski definition) is 0. The molecule has 1 aromatic carbocycles. The molecule has 0 unspecified atom stereocenters. The minimum absolute atomic E-state index is 0.690. The molecule has 0 amide bonds. The summed E-state index contributed by atoms with van der Waals surface area (Å²) in [5, 5.41) is 8.85. The quantitative estimate of drug-likeness (QED) is 0.623. The molecule has 0 aliphatic carbocycles. The van der Waals surface area contributed by atoms with E-state index in [4.69, 9.17) is 5.26 Å². The van der Waals surface area contributed by atoms with Crippen LogP contribution in [0.3, 0.4) is 0 Å². The van der Waals surface area contributed by atoms with Crippen molar-refractivity contribution in [2.45, 2.75) is 6.92 Å². The van der Waals surface area contributed by atoms with Crippen LogP contribution in [0.25, 0.3) is 11.6 Å². The molecule has 0 heterocycles. The van der Waals surface area contributed by atoms with Gasteiger partial charge in [0.05, 0.1) is 11.6 Å². The largest absolute Gasteiger partial charge is 0.192 e. The van der Waals surface area contributed by atoms with Crippen molar-refractivity contribution < 1.29 is 0 Å². The summed E-state index contributed by atoms with van der Waals surface area (Å²) in [4.78, 5) is 0. The summed E-state index contributed by atoms with van der Waals surface area (Å²) in [5.41, 5.74) is 2.63. The predicted molar refractivity (Wildman–Crippen MR) is 55.8 cm³/mol. The summed E-state index contributed by atoms with van der Waals surface area (Å²) in [6.07, 6.45) is 3.57. The summed E-state index contributed by atoms with van der Waals surface area (Å²) in [5.74, 6) is 0. The van der Waals surface area contributed by atoms with Gasteiger partial charge in [-0.3, -0.25) is 0 Å². The first-order valence-electron chi connectivity index (χ1n) is 4.11. The summed E-state index contributed by atoms with van der Waals surface area (Å²) in [7, 11) is 0. The van der Waals surface area contributed by atoms with Crippen LogP contribution < -0.4 is 0 Å². The fraction of sp³-hybridized carbons (Fsp3) is 0.0833. The van der Waals surface area contributed by atoms with Crippen LogP contribution in [0.4, 0.5) is 0 Å². The van der Waals surface area contributed by atoms with Gasteiger partial charge in [0.25, 0.3) is 0 Å². The molecule has 64 valence electrons. The minimum atomic E-state index is 0.690. The SMILES string of the molecule is C=Cc1ccccc1/C(C#N)=C/C. The Labute approximate surface area is 78.6 Å². The molecule has 0 N–H and O–H groups in total. The van der Waals surface area contributed by atoms with E-state index < -0.39 is 0 Å². The number of benzene rings is 1. The van der Waals surface area contributed by atoms with E-state index in [-0.39, 0.29) is 0 Å². The topological polar surface area (TPSA) is 23.8 Å². The monoisotopic (exact) mass is 169 g/mol. The highest BCUT2D eigenvalue weighted by molar-refractivity contribution is 5.81. The number of allylic oxidation sites excluding steroid dienone is 2. The van der Waals surface area contributed by atoms with E-state index in [0.29, 0.717) is 5.57 Å². The molecule has 13 heavy (non-hydrogen) atoms. The molecule has 0 aromatic heterocycles. The number of rotatable bonds is 2. The molecule has 0 radical (unpaired) electrons. The van der Waals surface area contributed by atoms with Gasteiger partial charge in [0.15, 0.2) is 0 Å². The molecular formula is C12H11N. The first-order valence-corrected chi connectivity index (χ1v) is 4.11. The fourth-order valence-electron chi connectivity index (χ4n) is 1.20. The second-order valence-corrected chi connectivity index (χ2v) is 2.61. The van der Waals surface area contributed by atoms with Gasteiger partial charge in [-0.15, -0.1) is 0 Å². The lowest BCUT2D eigenvalue weighted by molar-refractivity contribution is 1.50. The zero-order valence-corrected chi connectivity index (χ0v) is 7.62. The molecule has 0 aliphatic rings. The van der Waals surface area contributed by atoms with Gasteiger partial charge < -0.3 is 0 Å². The maximum atomic E-state index is 8.85. The van der Waals surface area contributed by atoms with Gasteiger partial charge >= 0.3 is 0 Å². The Morgan fingerprint density at radius 2 is 2.15 bits per heavy atom. The van der Waals surface area contributed by atoms with Crippen LogP contribution in [0.5, 0.6) is 0 Å². The standard InChI is InChI=1S/C12H11N/c1-3-10-7-5-6-8-12(10)11(4-2)9-13/h3-8H,1H2,2H3/b11-4+. The van der Waals surface area contributed by atoms with E-state index >= 15 is 0 Å². The third-order valence-electron chi connectivity index (χ3n) is 1.88. The van der Waals surface area contributed by atoms with Crippen molar-refractivity contribution in [3.05, 3.63) is 48.0 Å². The van der Waals surface area contributed by atoms with E-state index in [2.05, 4.69) is 12.6 Å². The lowest BCUT2D eigenvalue weighted by Crippen LogP contribution is -1.85. The van der Waals surface area contributed by atoms with Crippen LogP contribution in [0.2, 0.25) is 0 Å². The zero-order valence-electron chi connectivity index (χ0n) is 7.62. The fourth-order valence-corrected chi connectivity index (χ4v) is 1.20. The average Bonchev–Trinajstić information content (AvgIpc) is 2.20. The maximum Gasteiger partial charge on any atom is 0.0994 e. The normalized spacial score (nSPS) is 10.6. The molecule has 0 saturated heterocycles. The third kappa shape index (κ3) is 1.86. The first kappa shape index (κ1) is 9.28. The van der Waals surface area contributed by atoms with E-state index in [1.165, 1.54) is 0 Å². The summed E-state index contributed by atoms with van der Waals surface area (Å²) < 4.78 is 0. The van der Waals surface area contributed by atoms with Crippen molar-refractivity contribution in [3.63, 3.8) is 0 Å². The number of nitrogens with zero attached hydrogens (tertiary/aromatic N) is 1. The highest BCUT2D eigenvalue weighted by Crippen LogP contribution is 2.19. The van der Waals surface area contributed by atoms with Crippen molar-refractivity contribution in [3.8, 4) is 6.07 Å². The molecule has 0 spiro atoms. The molecule has 0 aliphatic heterocycles. The van der Waals surface area contributed by atoms with E-state index in [0.717, 1.165) is 11.1 Å². The van der Waals surface area contributed by atoms with E-state index in [1.807, 2.05) is 37.3 Å². The highest BCUT2D eigenvalue weighted by atomic mass is 14.2. The minimum Gasteiger partial charge on any atom is -0.192 e. The lowest BCUT2D eigenvalue weighted by Gasteiger charge is -2.02. The Morgan fingerprint density at radius 1 is 1.46 bits per heavy atom. The Balaban J connectivity index is 3.29. The third-order valence-corrected chi connectivity index (χ3v) is 1.88. The van der Waals surface area contributed by atoms with Crippen LogP contribution in [0, 0.1) is 11.3 Å². The van der Waals surface area contributed by atoms with Gasteiger partial charge in [0, 0.05) is 0 Å². The van der Waals surface area contributed by atoms with Gasteiger partial charge in [-0.25, -0.2) is 0 Å². The number of nitriles is 1. The average molecular weight is 169 g/mol. The van der Waals surface area contributed by atoms with Crippen LogP contribution in [0.15, 0.2) is 36.9 Å². The summed E-state index contributed by atoms with van der Waals surface area (Å²) in [6, 6.07) is 9.89. The maximum absolute atomic E-state index is 8.85. The van der Waals surface area contributed by atoms with E-state index in [1.54, 1.807) is 6.08 Å². The Hall–Kier alpha value is -1.81.